The zero-order valence-electron chi connectivity index (χ0n) is 6.96. The molecule has 0 atom stereocenters. The lowest BCUT2D eigenvalue weighted by molar-refractivity contribution is 0.700. The summed E-state index contributed by atoms with van der Waals surface area (Å²) < 4.78 is 11.2. The van der Waals surface area contributed by atoms with Crippen LogP contribution in [0.4, 0.5) is 0 Å². The van der Waals surface area contributed by atoms with Crippen molar-refractivity contribution in [3.8, 4) is 0 Å². The number of hydrogen-bond donors (Lipinski definition) is 1. The molecule has 0 spiro atoms. The molecule has 0 fully saturated rings. The van der Waals surface area contributed by atoms with E-state index >= 15 is 0 Å². The molecule has 1 nitrogen and oxygen atoms in total. The highest BCUT2D eigenvalue weighted by Gasteiger charge is 2.20. The summed E-state index contributed by atoms with van der Waals surface area (Å²) in [5.41, 5.74) is 0. The van der Waals surface area contributed by atoms with Crippen molar-refractivity contribution in [2.75, 3.05) is 0 Å². The third-order valence-corrected chi connectivity index (χ3v) is 6.45. The quantitative estimate of drug-likeness (QED) is 0.586. The fraction of sp³-hybridized carbons (Fsp3) is 0. The Balaban J connectivity index is 2.50. The number of thiol groups is 1. The third-order valence-electron chi connectivity index (χ3n) is 1.93. The highest BCUT2D eigenvalue weighted by molar-refractivity contribution is 8.85. The first kappa shape index (κ1) is 8.78. The van der Waals surface area contributed by atoms with Crippen LogP contribution in [0.15, 0.2) is 58.2 Å². The fourth-order valence-corrected chi connectivity index (χ4v) is 4.45. The second kappa shape index (κ2) is 3.52. The molecule has 0 unspecified atom stereocenters. The molecule has 1 aliphatic rings. The molecule has 0 aliphatic carbocycles. The van der Waals surface area contributed by atoms with Crippen molar-refractivity contribution in [1.82, 2.24) is 0 Å². The Labute approximate surface area is 82.4 Å². The normalized spacial score (nSPS) is 20.3. The van der Waals surface area contributed by atoms with Gasteiger partial charge in [-0.3, -0.25) is 4.21 Å². The smallest absolute Gasteiger partial charge is 0.0602 e. The van der Waals surface area contributed by atoms with Gasteiger partial charge in [0.05, 0.1) is 10.7 Å². The van der Waals surface area contributed by atoms with Gasteiger partial charge in [0.25, 0.3) is 0 Å². The molecule has 1 aliphatic heterocycles. The minimum absolute atomic E-state index is 0.206. The van der Waals surface area contributed by atoms with E-state index < -0.39 is 9.06 Å². The molecule has 0 N–H and O–H groups in total. The molecule has 1 aromatic carbocycles. The number of hydrogen-bond acceptors (Lipinski definition) is 1. The van der Waals surface area contributed by atoms with Crippen molar-refractivity contribution < 1.29 is 4.21 Å². The second-order valence-corrected chi connectivity index (χ2v) is 7.49. The van der Waals surface area contributed by atoms with Crippen LogP contribution < -0.4 is 0 Å². The molecule has 13 heavy (non-hydrogen) atoms. The van der Waals surface area contributed by atoms with E-state index in [0.717, 1.165) is 4.90 Å². The Hall–Kier alpha value is -0.800. The van der Waals surface area contributed by atoms with Gasteiger partial charge >= 0.3 is 0 Å². The van der Waals surface area contributed by atoms with Gasteiger partial charge in [-0.25, -0.2) is 0 Å². The van der Waals surface area contributed by atoms with E-state index in [4.69, 9.17) is 0 Å². The van der Waals surface area contributed by atoms with E-state index in [1.165, 1.54) is 0 Å². The molecular weight excluding hydrogens is 200 g/mol. The SMILES string of the molecule is O=[SH]S1(c2ccccc2)C=CC=C1. The first-order chi connectivity index (χ1) is 6.37. The first-order valence-corrected chi connectivity index (χ1v) is 7.13. The molecule has 1 aromatic rings. The Morgan fingerprint density at radius 2 is 1.62 bits per heavy atom. The number of benzene rings is 1. The Morgan fingerprint density at radius 3 is 2.15 bits per heavy atom. The summed E-state index contributed by atoms with van der Waals surface area (Å²) in [6.45, 7) is 0. The minimum Gasteiger partial charge on any atom is -0.252 e. The van der Waals surface area contributed by atoms with Gasteiger partial charge in [0.1, 0.15) is 0 Å². The molecule has 0 bridgehead atoms. The molecule has 0 saturated carbocycles. The van der Waals surface area contributed by atoms with Gasteiger partial charge in [-0.05, 0) is 22.9 Å². The Kier molecular flexibility index (Phi) is 2.38. The van der Waals surface area contributed by atoms with Crippen molar-refractivity contribution in [3.05, 3.63) is 53.3 Å². The van der Waals surface area contributed by atoms with Gasteiger partial charge in [-0.15, -0.1) is 0 Å². The second-order valence-electron chi connectivity index (χ2n) is 2.72. The standard InChI is InChI=1S/C10H10OS2/c11-12-13(8-4-5-9-13)10-6-2-1-3-7-10/h1-9,12H. The minimum atomic E-state index is -1.32. The lowest BCUT2D eigenvalue weighted by Crippen LogP contribution is -1.88. The van der Waals surface area contributed by atoms with Crippen LogP contribution in [0.5, 0.6) is 0 Å². The zero-order valence-corrected chi connectivity index (χ0v) is 8.67. The maximum atomic E-state index is 11.2. The van der Waals surface area contributed by atoms with Crippen molar-refractivity contribution in [2.45, 2.75) is 4.90 Å². The third kappa shape index (κ3) is 1.49. The van der Waals surface area contributed by atoms with Crippen molar-refractivity contribution in [3.63, 3.8) is 0 Å². The van der Waals surface area contributed by atoms with Crippen LogP contribution in [0.1, 0.15) is 0 Å². The summed E-state index contributed by atoms with van der Waals surface area (Å²) >= 11 is 0. The fourth-order valence-electron chi connectivity index (χ4n) is 1.26. The summed E-state index contributed by atoms with van der Waals surface area (Å²) in [5, 5.41) is 4.08. The van der Waals surface area contributed by atoms with Crippen LogP contribution >= 0.6 is 9.06 Å². The van der Waals surface area contributed by atoms with Crippen LogP contribution in [-0.2, 0) is 10.7 Å². The Bertz CT molecular complexity index is 356. The summed E-state index contributed by atoms with van der Waals surface area (Å²) in [6, 6.07) is 9.99. The zero-order chi connectivity index (χ0) is 9.15. The van der Waals surface area contributed by atoms with Gasteiger partial charge in [0.2, 0.25) is 0 Å². The highest BCUT2D eigenvalue weighted by Crippen LogP contribution is 2.59. The predicted molar refractivity (Wildman–Crippen MR) is 60.1 cm³/mol. The van der Waals surface area contributed by atoms with E-state index in [1.807, 2.05) is 53.3 Å². The van der Waals surface area contributed by atoms with Crippen LogP contribution in [0, 0.1) is 0 Å². The average Bonchev–Trinajstić information content (AvgIpc) is 2.69. The molecule has 0 amide bonds. The lowest BCUT2D eigenvalue weighted by atomic mass is 10.4. The van der Waals surface area contributed by atoms with Crippen molar-refractivity contribution >= 4 is 19.8 Å². The molecule has 0 saturated heterocycles. The lowest BCUT2D eigenvalue weighted by Gasteiger charge is -2.23. The Morgan fingerprint density at radius 1 is 1.00 bits per heavy atom. The molecule has 68 valence electrons. The highest BCUT2D eigenvalue weighted by atomic mass is 33.2. The van der Waals surface area contributed by atoms with Crippen LogP contribution in [0.2, 0.25) is 0 Å². The predicted octanol–water partition coefficient (Wildman–Crippen LogP) is 2.75. The molecule has 3 heteroatoms. The van der Waals surface area contributed by atoms with E-state index in [1.54, 1.807) is 0 Å². The summed E-state index contributed by atoms with van der Waals surface area (Å²) in [5.74, 6) is 0. The number of allylic oxidation sites excluding steroid dienone is 2. The molecular formula is C10H10OS2. The van der Waals surface area contributed by atoms with Gasteiger partial charge < -0.3 is 0 Å². The topological polar surface area (TPSA) is 17.1 Å². The van der Waals surface area contributed by atoms with Gasteiger partial charge in [-0.1, -0.05) is 39.4 Å². The van der Waals surface area contributed by atoms with Crippen molar-refractivity contribution in [2.24, 2.45) is 0 Å². The molecule has 2 rings (SSSR count). The van der Waals surface area contributed by atoms with Crippen LogP contribution in [0.3, 0.4) is 0 Å². The van der Waals surface area contributed by atoms with E-state index in [0.29, 0.717) is 0 Å². The van der Waals surface area contributed by atoms with Gasteiger partial charge in [0.15, 0.2) is 0 Å². The monoisotopic (exact) mass is 210 g/mol. The van der Waals surface area contributed by atoms with Gasteiger partial charge in [-0.2, -0.15) is 0 Å². The maximum Gasteiger partial charge on any atom is 0.0602 e. The van der Waals surface area contributed by atoms with E-state index in [-0.39, 0.29) is 10.7 Å². The molecule has 1 heterocycles. The molecule has 0 radical (unpaired) electrons. The summed E-state index contributed by atoms with van der Waals surface area (Å²) in [6.07, 6.45) is 3.93. The van der Waals surface area contributed by atoms with E-state index in [9.17, 15) is 4.21 Å². The first-order valence-electron chi connectivity index (χ1n) is 3.95. The van der Waals surface area contributed by atoms with Crippen molar-refractivity contribution in [1.29, 1.82) is 0 Å². The van der Waals surface area contributed by atoms with E-state index in [2.05, 4.69) is 0 Å². The summed E-state index contributed by atoms with van der Waals surface area (Å²) in [7, 11) is -1.12. The number of rotatable bonds is 2. The maximum absolute atomic E-state index is 11.2. The largest absolute Gasteiger partial charge is 0.252 e. The molecule has 0 aromatic heterocycles. The van der Waals surface area contributed by atoms with Gasteiger partial charge in [0, 0.05) is 4.90 Å². The van der Waals surface area contributed by atoms with Crippen LogP contribution in [0.25, 0.3) is 0 Å². The summed E-state index contributed by atoms with van der Waals surface area (Å²) in [4.78, 5) is 1.15. The average molecular weight is 210 g/mol. The van der Waals surface area contributed by atoms with Crippen LogP contribution in [-0.4, -0.2) is 4.21 Å².